The van der Waals surface area contributed by atoms with E-state index in [2.05, 4.69) is 15.1 Å². The number of hydrogen-bond acceptors (Lipinski definition) is 6. The second-order valence-corrected chi connectivity index (χ2v) is 7.90. The first-order chi connectivity index (χ1) is 15.9. The second kappa shape index (κ2) is 8.50. The van der Waals surface area contributed by atoms with E-state index in [1.54, 1.807) is 0 Å². The number of halogens is 5. The second-order valence-electron chi connectivity index (χ2n) is 7.90. The highest BCUT2D eigenvalue weighted by molar-refractivity contribution is 5.94. The molecule has 1 aromatic carbocycles. The van der Waals surface area contributed by atoms with Crippen LogP contribution in [0.2, 0.25) is 0 Å². The zero-order chi connectivity index (χ0) is 24.8. The molecular weight excluding hydrogens is 465 g/mol. The Labute approximate surface area is 189 Å². The van der Waals surface area contributed by atoms with Gasteiger partial charge >= 0.3 is 6.18 Å². The molecule has 180 valence electrons. The lowest BCUT2D eigenvalue weighted by molar-refractivity contribution is -0.158. The van der Waals surface area contributed by atoms with Crippen molar-refractivity contribution in [3.63, 3.8) is 0 Å². The van der Waals surface area contributed by atoms with Gasteiger partial charge in [0.15, 0.2) is 11.5 Å². The predicted molar refractivity (Wildman–Crippen MR) is 108 cm³/mol. The minimum atomic E-state index is -4.55. The third-order valence-corrected chi connectivity index (χ3v) is 5.39. The predicted octanol–water partition coefficient (Wildman–Crippen LogP) is 1.95. The highest BCUT2D eigenvalue weighted by atomic mass is 19.4. The van der Waals surface area contributed by atoms with Crippen molar-refractivity contribution < 1.29 is 31.5 Å². The molecule has 2 amide bonds. The molecule has 1 saturated heterocycles. The van der Waals surface area contributed by atoms with Crippen molar-refractivity contribution in [1.29, 1.82) is 0 Å². The largest absolute Gasteiger partial charge is 0.406 e. The Kier molecular flexibility index (Phi) is 5.83. The molecule has 3 aromatic rings. The topological polar surface area (TPSA) is 110 Å². The first-order valence-electron chi connectivity index (χ1n) is 9.97. The van der Waals surface area contributed by atoms with Crippen LogP contribution in [0.3, 0.4) is 0 Å². The van der Waals surface area contributed by atoms with Crippen LogP contribution in [0.25, 0.3) is 10.9 Å². The summed E-state index contributed by atoms with van der Waals surface area (Å²) in [5, 5.41) is 4.69. The average molecular weight is 483 g/mol. The molecule has 0 saturated carbocycles. The van der Waals surface area contributed by atoms with Gasteiger partial charge in [-0.2, -0.15) is 18.3 Å². The van der Waals surface area contributed by atoms with E-state index in [9.17, 15) is 31.5 Å². The standard InChI is InChI=1S/C20H18F5N7O2/c1-30(9-20(23,24)25)15(33)8-32-14-3-2-11(21)4-12(14)16(29-32)10-6-31(7-10)18(34)17-13(22)5-27-19(26)28-17/h2-5,10H,6-9H2,1H3,(H2,26,27,28). The zero-order valence-corrected chi connectivity index (χ0v) is 17.7. The lowest BCUT2D eigenvalue weighted by Crippen LogP contribution is -2.49. The van der Waals surface area contributed by atoms with Crippen LogP contribution >= 0.6 is 0 Å². The van der Waals surface area contributed by atoms with Gasteiger partial charge in [0.25, 0.3) is 5.91 Å². The highest BCUT2D eigenvalue weighted by Gasteiger charge is 2.37. The van der Waals surface area contributed by atoms with E-state index in [0.29, 0.717) is 21.5 Å². The molecule has 3 heterocycles. The minimum Gasteiger partial charge on any atom is -0.368 e. The molecule has 1 aliphatic rings. The maximum atomic E-state index is 13.9. The summed E-state index contributed by atoms with van der Waals surface area (Å²) in [5.41, 5.74) is 5.65. The van der Waals surface area contributed by atoms with Crippen molar-refractivity contribution in [2.75, 3.05) is 32.4 Å². The van der Waals surface area contributed by atoms with Crippen LogP contribution in [0.4, 0.5) is 27.9 Å². The number of aromatic nitrogens is 4. The van der Waals surface area contributed by atoms with Crippen molar-refractivity contribution in [2.45, 2.75) is 18.6 Å². The Morgan fingerprint density at radius 3 is 2.62 bits per heavy atom. The third kappa shape index (κ3) is 4.61. The molecule has 9 nitrogen and oxygen atoms in total. The van der Waals surface area contributed by atoms with E-state index in [-0.39, 0.29) is 25.0 Å². The van der Waals surface area contributed by atoms with Crippen molar-refractivity contribution >= 4 is 28.7 Å². The van der Waals surface area contributed by atoms with E-state index in [4.69, 9.17) is 5.73 Å². The Morgan fingerprint density at radius 2 is 1.94 bits per heavy atom. The Hall–Kier alpha value is -3.84. The number of hydrogen-bond donors (Lipinski definition) is 1. The molecule has 0 unspecified atom stereocenters. The molecular formula is C20H18F5N7O2. The van der Waals surface area contributed by atoms with Crippen molar-refractivity contribution in [3.8, 4) is 0 Å². The lowest BCUT2D eigenvalue weighted by Gasteiger charge is -2.38. The number of nitrogens with zero attached hydrogens (tertiary/aromatic N) is 6. The summed E-state index contributed by atoms with van der Waals surface area (Å²) in [6, 6.07) is 3.72. The van der Waals surface area contributed by atoms with Gasteiger partial charge in [-0.15, -0.1) is 0 Å². The number of nitrogen functional groups attached to an aromatic ring is 1. The fourth-order valence-corrected chi connectivity index (χ4v) is 3.70. The number of carbonyl (C=O) groups is 2. The van der Waals surface area contributed by atoms with Gasteiger partial charge in [-0.3, -0.25) is 14.3 Å². The normalized spacial score (nSPS) is 14.4. The van der Waals surface area contributed by atoms with Gasteiger partial charge in [0.05, 0.1) is 17.4 Å². The summed E-state index contributed by atoms with van der Waals surface area (Å²) >= 11 is 0. The van der Waals surface area contributed by atoms with Gasteiger partial charge in [-0.1, -0.05) is 0 Å². The number of benzene rings is 1. The maximum absolute atomic E-state index is 13.9. The number of alkyl halides is 3. The molecule has 0 atom stereocenters. The molecule has 2 aromatic heterocycles. The van der Waals surface area contributed by atoms with Crippen molar-refractivity contribution in [2.24, 2.45) is 0 Å². The molecule has 0 radical (unpaired) electrons. The number of nitrogens with two attached hydrogens (primary N) is 1. The van der Waals surface area contributed by atoms with Gasteiger partial charge in [-0.05, 0) is 18.2 Å². The molecule has 34 heavy (non-hydrogen) atoms. The number of carbonyl (C=O) groups excluding carboxylic acids is 2. The Balaban J connectivity index is 1.55. The Bertz CT molecular complexity index is 1270. The molecule has 0 spiro atoms. The summed E-state index contributed by atoms with van der Waals surface area (Å²) in [5.74, 6) is -3.68. The average Bonchev–Trinajstić information content (AvgIpc) is 3.04. The van der Waals surface area contributed by atoms with Crippen molar-refractivity contribution in [1.82, 2.24) is 29.5 Å². The number of likely N-dealkylation sites (tertiary alicyclic amines) is 1. The minimum absolute atomic E-state index is 0.104. The first-order valence-corrected chi connectivity index (χ1v) is 9.97. The summed E-state index contributed by atoms with van der Waals surface area (Å²) in [6.45, 7) is -1.70. The molecule has 4 rings (SSSR count). The fraction of sp³-hybridized carbons (Fsp3) is 0.350. The Morgan fingerprint density at radius 1 is 1.24 bits per heavy atom. The quantitative estimate of drug-likeness (QED) is 0.556. The van der Waals surface area contributed by atoms with Crippen LogP contribution in [0.5, 0.6) is 0 Å². The lowest BCUT2D eigenvalue weighted by atomic mass is 9.93. The van der Waals surface area contributed by atoms with Crippen LogP contribution in [0, 0.1) is 11.6 Å². The molecule has 0 bridgehead atoms. The molecule has 14 heteroatoms. The van der Waals surface area contributed by atoms with Gasteiger partial charge in [0.2, 0.25) is 11.9 Å². The fourth-order valence-electron chi connectivity index (χ4n) is 3.70. The van der Waals surface area contributed by atoms with Crippen molar-refractivity contribution in [3.05, 3.63) is 47.4 Å². The molecule has 2 N–H and O–H groups in total. The van der Waals surface area contributed by atoms with Crippen LogP contribution in [-0.4, -0.2) is 74.2 Å². The SMILES string of the molecule is CN(CC(F)(F)F)C(=O)Cn1nc(C2CN(C(=O)c3nc(N)ncc3F)C2)c2cc(F)ccc21. The van der Waals surface area contributed by atoms with Gasteiger partial charge in [0.1, 0.15) is 18.9 Å². The smallest absolute Gasteiger partial charge is 0.368 e. The molecule has 1 aliphatic heterocycles. The van der Waals surface area contributed by atoms with Crippen LogP contribution in [0.1, 0.15) is 22.1 Å². The van der Waals surface area contributed by atoms with Crippen LogP contribution in [0.15, 0.2) is 24.4 Å². The van der Waals surface area contributed by atoms with E-state index in [1.807, 2.05) is 0 Å². The number of anilines is 1. The van der Waals surface area contributed by atoms with Gasteiger partial charge < -0.3 is 15.5 Å². The zero-order valence-electron chi connectivity index (χ0n) is 17.7. The highest BCUT2D eigenvalue weighted by Crippen LogP contribution is 2.33. The molecule has 1 fully saturated rings. The summed E-state index contributed by atoms with van der Waals surface area (Å²) in [4.78, 5) is 33.8. The summed E-state index contributed by atoms with van der Waals surface area (Å²) in [7, 11) is 1.02. The monoisotopic (exact) mass is 483 g/mol. The van der Waals surface area contributed by atoms with Gasteiger partial charge in [-0.25, -0.2) is 18.7 Å². The van der Waals surface area contributed by atoms with Crippen LogP contribution < -0.4 is 5.73 Å². The van der Waals surface area contributed by atoms with E-state index >= 15 is 0 Å². The maximum Gasteiger partial charge on any atom is 0.406 e. The van der Waals surface area contributed by atoms with Crippen LogP contribution in [-0.2, 0) is 11.3 Å². The first kappa shape index (κ1) is 23.3. The van der Waals surface area contributed by atoms with E-state index in [0.717, 1.165) is 19.3 Å². The number of fused-ring (bicyclic) bond motifs is 1. The summed E-state index contributed by atoms with van der Waals surface area (Å²) in [6.07, 6.45) is -3.77. The molecule has 0 aliphatic carbocycles. The number of amides is 2. The third-order valence-electron chi connectivity index (χ3n) is 5.39. The summed E-state index contributed by atoms with van der Waals surface area (Å²) < 4.78 is 66.9. The number of rotatable bonds is 5. The van der Waals surface area contributed by atoms with E-state index in [1.165, 1.54) is 21.7 Å². The van der Waals surface area contributed by atoms with E-state index < -0.39 is 48.4 Å². The number of likely N-dealkylation sites (N-methyl/N-ethyl adjacent to an activating group) is 1. The van der Waals surface area contributed by atoms with Gasteiger partial charge in [0, 0.05) is 31.4 Å².